The van der Waals surface area contributed by atoms with Crippen molar-refractivity contribution in [3.8, 4) is 5.75 Å². The number of carbonyl (C=O) groups excluding carboxylic acids is 1. The van der Waals surface area contributed by atoms with Gasteiger partial charge in [-0.05, 0) is 36.5 Å². The van der Waals surface area contributed by atoms with Crippen LogP contribution in [-0.2, 0) is 16.0 Å². The van der Waals surface area contributed by atoms with Crippen LogP contribution >= 0.6 is 0 Å². The minimum absolute atomic E-state index is 0.152. The molecule has 1 saturated heterocycles. The molecule has 0 saturated carbocycles. The molecular formula is C18H22N2O4. The van der Waals surface area contributed by atoms with Gasteiger partial charge in [0, 0.05) is 23.6 Å². The highest BCUT2D eigenvalue weighted by Gasteiger charge is 2.34. The molecule has 2 N–H and O–H groups in total. The predicted octanol–water partition coefficient (Wildman–Crippen LogP) is 2.43. The van der Waals surface area contributed by atoms with Gasteiger partial charge in [0.25, 0.3) is 0 Å². The number of rotatable bonds is 4. The van der Waals surface area contributed by atoms with Gasteiger partial charge in [-0.15, -0.1) is 0 Å². The Hall–Kier alpha value is -2.50. The second kappa shape index (κ2) is 6.55. The molecule has 2 atom stereocenters. The number of piperidine rings is 1. The SMILES string of the molecule is COc1cccc2[nH]cc(CC(=O)N3CCC(C)CC3C(=O)O)c12. The van der Waals surface area contributed by atoms with Crippen LogP contribution in [0, 0.1) is 5.92 Å². The van der Waals surface area contributed by atoms with Gasteiger partial charge >= 0.3 is 5.97 Å². The van der Waals surface area contributed by atoms with Crippen LogP contribution in [0.15, 0.2) is 24.4 Å². The Labute approximate surface area is 140 Å². The quantitative estimate of drug-likeness (QED) is 0.902. The van der Waals surface area contributed by atoms with Gasteiger partial charge in [0.2, 0.25) is 5.91 Å². The zero-order valence-corrected chi connectivity index (χ0v) is 13.9. The topological polar surface area (TPSA) is 82.6 Å². The monoisotopic (exact) mass is 330 g/mol. The second-order valence-electron chi connectivity index (χ2n) is 6.44. The standard InChI is InChI=1S/C18H22N2O4/c1-11-6-7-20(14(8-11)18(22)23)16(21)9-12-10-19-13-4-3-5-15(24-2)17(12)13/h3-5,10-11,14,19H,6-9H2,1-2H3,(H,22,23). The van der Waals surface area contributed by atoms with E-state index in [4.69, 9.17) is 4.74 Å². The summed E-state index contributed by atoms with van der Waals surface area (Å²) in [6, 6.07) is 4.94. The zero-order chi connectivity index (χ0) is 17.3. The van der Waals surface area contributed by atoms with Crippen molar-refractivity contribution < 1.29 is 19.4 Å². The van der Waals surface area contributed by atoms with Gasteiger partial charge in [-0.25, -0.2) is 4.79 Å². The number of methoxy groups -OCH3 is 1. The lowest BCUT2D eigenvalue weighted by Gasteiger charge is -2.36. The number of carboxylic acids is 1. The number of likely N-dealkylation sites (tertiary alicyclic amines) is 1. The molecule has 24 heavy (non-hydrogen) atoms. The Balaban J connectivity index is 1.85. The number of hydrogen-bond donors (Lipinski definition) is 2. The fourth-order valence-electron chi connectivity index (χ4n) is 3.47. The first-order chi connectivity index (χ1) is 11.5. The molecule has 2 unspecified atom stereocenters. The molecule has 2 heterocycles. The number of nitrogens with zero attached hydrogens (tertiary/aromatic N) is 1. The summed E-state index contributed by atoms with van der Waals surface area (Å²) >= 11 is 0. The Morgan fingerprint density at radius 2 is 2.21 bits per heavy atom. The van der Waals surface area contributed by atoms with Gasteiger partial charge in [-0.2, -0.15) is 0 Å². The van der Waals surface area contributed by atoms with Gasteiger partial charge in [0.05, 0.1) is 13.5 Å². The number of amides is 1. The van der Waals surface area contributed by atoms with E-state index < -0.39 is 12.0 Å². The van der Waals surface area contributed by atoms with Gasteiger partial charge in [0.15, 0.2) is 0 Å². The number of fused-ring (bicyclic) bond motifs is 1. The summed E-state index contributed by atoms with van der Waals surface area (Å²) in [5.41, 5.74) is 1.73. The van der Waals surface area contributed by atoms with Crippen LogP contribution in [0.4, 0.5) is 0 Å². The highest BCUT2D eigenvalue weighted by Crippen LogP contribution is 2.30. The molecule has 128 valence electrons. The number of ether oxygens (including phenoxy) is 1. The van der Waals surface area contributed by atoms with E-state index in [1.54, 1.807) is 13.3 Å². The molecule has 0 spiro atoms. The highest BCUT2D eigenvalue weighted by molar-refractivity contribution is 5.94. The van der Waals surface area contributed by atoms with Gasteiger partial charge in [-0.1, -0.05) is 13.0 Å². The molecule has 1 aromatic carbocycles. The third kappa shape index (κ3) is 2.96. The lowest BCUT2D eigenvalue weighted by molar-refractivity contribution is -0.152. The maximum atomic E-state index is 12.7. The minimum atomic E-state index is -0.925. The number of H-pyrrole nitrogens is 1. The fraction of sp³-hybridized carbons (Fsp3) is 0.444. The Bertz CT molecular complexity index is 767. The summed E-state index contributed by atoms with van der Waals surface area (Å²) in [7, 11) is 1.60. The number of carboxylic acid groups (broad SMARTS) is 1. The van der Waals surface area contributed by atoms with E-state index >= 15 is 0 Å². The Morgan fingerprint density at radius 1 is 1.42 bits per heavy atom. The molecule has 6 nitrogen and oxygen atoms in total. The van der Waals surface area contributed by atoms with Crippen molar-refractivity contribution in [1.29, 1.82) is 0 Å². The van der Waals surface area contributed by atoms with Crippen LogP contribution in [0.25, 0.3) is 10.9 Å². The average molecular weight is 330 g/mol. The molecule has 2 aromatic rings. The summed E-state index contributed by atoms with van der Waals surface area (Å²) in [5.74, 6) is -0.0468. The van der Waals surface area contributed by atoms with Crippen molar-refractivity contribution in [1.82, 2.24) is 9.88 Å². The maximum Gasteiger partial charge on any atom is 0.326 e. The summed E-state index contributed by atoms with van der Waals surface area (Å²) in [6.07, 6.45) is 3.32. The molecule has 1 aromatic heterocycles. The lowest BCUT2D eigenvalue weighted by atomic mass is 9.92. The lowest BCUT2D eigenvalue weighted by Crippen LogP contribution is -2.50. The van der Waals surface area contributed by atoms with E-state index in [0.29, 0.717) is 24.6 Å². The van der Waals surface area contributed by atoms with E-state index in [1.165, 1.54) is 4.90 Å². The van der Waals surface area contributed by atoms with Crippen LogP contribution in [0.5, 0.6) is 5.75 Å². The van der Waals surface area contributed by atoms with Crippen molar-refractivity contribution in [2.45, 2.75) is 32.2 Å². The second-order valence-corrected chi connectivity index (χ2v) is 6.44. The molecule has 1 aliphatic heterocycles. The normalized spacial score (nSPS) is 21.0. The molecule has 1 fully saturated rings. The molecular weight excluding hydrogens is 308 g/mol. The zero-order valence-electron chi connectivity index (χ0n) is 13.9. The summed E-state index contributed by atoms with van der Waals surface area (Å²) in [5, 5.41) is 10.3. The number of aromatic amines is 1. The first-order valence-electron chi connectivity index (χ1n) is 8.16. The van der Waals surface area contributed by atoms with Gasteiger partial charge in [-0.3, -0.25) is 4.79 Å². The van der Waals surface area contributed by atoms with Crippen LogP contribution in [-0.4, -0.2) is 46.6 Å². The smallest absolute Gasteiger partial charge is 0.326 e. The molecule has 0 aliphatic carbocycles. The number of aromatic nitrogens is 1. The number of carbonyl (C=O) groups is 2. The third-order valence-corrected chi connectivity index (χ3v) is 4.78. The molecule has 0 radical (unpaired) electrons. The van der Waals surface area contributed by atoms with Crippen LogP contribution in [0.2, 0.25) is 0 Å². The first-order valence-corrected chi connectivity index (χ1v) is 8.16. The Morgan fingerprint density at radius 3 is 2.92 bits per heavy atom. The van der Waals surface area contributed by atoms with Crippen molar-refractivity contribution in [3.05, 3.63) is 30.0 Å². The maximum absolute atomic E-state index is 12.7. The van der Waals surface area contributed by atoms with Crippen LogP contribution in [0.1, 0.15) is 25.3 Å². The number of aliphatic carboxylic acids is 1. The summed E-state index contributed by atoms with van der Waals surface area (Å²) in [6.45, 7) is 2.53. The van der Waals surface area contributed by atoms with Crippen molar-refractivity contribution in [2.75, 3.05) is 13.7 Å². The number of benzene rings is 1. The van der Waals surface area contributed by atoms with E-state index in [-0.39, 0.29) is 12.3 Å². The van der Waals surface area contributed by atoms with Gasteiger partial charge < -0.3 is 19.7 Å². The van der Waals surface area contributed by atoms with Gasteiger partial charge in [0.1, 0.15) is 11.8 Å². The number of nitrogens with one attached hydrogen (secondary N) is 1. The molecule has 3 rings (SSSR count). The Kier molecular flexibility index (Phi) is 4.46. The molecule has 1 aliphatic rings. The third-order valence-electron chi connectivity index (χ3n) is 4.78. The average Bonchev–Trinajstić information content (AvgIpc) is 2.97. The van der Waals surface area contributed by atoms with Crippen molar-refractivity contribution in [2.24, 2.45) is 5.92 Å². The number of hydrogen-bond acceptors (Lipinski definition) is 3. The van der Waals surface area contributed by atoms with E-state index in [2.05, 4.69) is 4.98 Å². The van der Waals surface area contributed by atoms with Crippen LogP contribution < -0.4 is 4.74 Å². The first kappa shape index (κ1) is 16.4. The highest BCUT2D eigenvalue weighted by atomic mass is 16.5. The largest absolute Gasteiger partial charge is 0.496 e. The molecule has 0 bridgehead atoms. The molecule has 1 amide bonds. The van der Waals surface area contributed by atoms with Crippen molar-refractivity contribution in [3.63, 3.8) is 0 Å². The summed E-state index contributed by atoms with van der Waals surface area (Å²) < 4.78 is 5.39. The minimum Gasteiger partial charge on any atom is -0.496 e. The summed E-state index contributed by atoms with van der Waals surface area (Å²) in [4.78, 5) is 28.9. The van der Waals surface area contributed by atoms with Crippen LogP contribution in [0.3, 0.4) is 0 Å². The van der Waals surface area contributed by atoms with Crippen molar-refractivity contribution >= 4 is 22.8 Å². The molecule has 6 heteroatoms. The van der Waals surface area contributed by atoms with E-state index in [9.17, 15) is 14.7 Å². The van der Waals surface area contributed by atoms with E-state index in [0.717, 1.165) is 22.9 Å². The fourth-order valence-corrected chi connectivity index (χ4v) is 3.47. The van der Waals surface area contributed by atoms with E-state index in [1.807, 2.05) is 25.1 Å². The predicted molar refractivity (Wildman–Crippen MR) is 90.1 cm³/mol.